The van der Waals surface area contributed by atoms with Gasteiger partial charge in [0.1, 0.15) is 5.82 Å². The molecule has 0 atom stereocenters. The van der Waals surface area contributed by atoms with Crippen molar-refractivity contribution in [2.45, 2.75) is 18.4 Å². The van der Waals surface area contributed by atoms with Crippen molar-refractivity contribution in [3.05, 3.63) is 59.4 Å². The Labute approximate surface area is 116 Å². The Kier molecular flexibility index (Phi) is 4.06. The normalized spacial score (nSPS) is 11.3. The summed E-state index contributed by atoms with van der Waals surface area (Å²) in [5, 5.41) is 9.08. The molecular weight excluding hydrogens is 281 g/mol. The van der Waals surface area contributed by atoms with E-state index in [1.165, 1.54) is 30.3 Å². The number of nitrogens with one attached hydrogen (secondary N) is 1. The van der Waals surface area contributed by atoms with Crippen molar-refractivity contribution in [1.29, 1.82) is 0 Å². The van der Waals surface area contributed by atoms with E-state index in [4.69, 9.17) is 5.11 Å². The molecule has 2 rings (SSSR count). The standard InChI is InChI=1S/C14H14FNO3S/c1-10-2-3-11(9-17)8-14(10)20(18,19)16-13-6-4-12(15)5-7-13/h2-8,16-17H,9H2,1H3. The molecule has 0 saturated heterocycles. The first-order chi connectivity index (χ1) is 9.42. The summed E-state index contributed by atoms with van der Waals surface area (Å²) in [5.41, 5.74) is 1.35. The molecule has 0 aliphatic carbocycles. The van der Waals surface area contributed by atoms with Gasteiger partial charge in [-0.15, -0.1) is 0 Å². The Bertz CT molecular complexity index is 712. The van der Waals surface area contributed by atoms with Gasteiger partial charge in [0.25, 0.3) is 10.0 Å². The fourth-order valence-corrected chi connectivity index (χ4v) is 3.12. The van der Waals surface area contributed by atoms with Gasteiger partial charge in [-0.2, -0.15) is 0 Å². The lowest BCUT2D eigenvalue weighted by Crippen LogP contribution is -2.14. The molecule has 0 heterocycles. The van der Waals surface area contributed by atoms with E-state index in [0.29, 0.717) is 11.1 Å². The second-order valence-corrected chi connectivity index (χ2v) is 6.02. The molecule has 0 aliphatic rings. The van der Waals surface area contributed by atoms with Gasteiger partial charge in [0.15, 0.2) is 0 Å². The molecule has 0 saturated carbocycles. The Morgan fingerprint density at radius 2 is 1.80 bits per heavy atom. The van der Waals surface area contributed by atoms with Gasteiger partial charge in [0.05, 0.1) is 11.5 Å². The van der Waals surface area contributed by atoms with Gasteiger partial charge in [0.2, 0.25) is 0 Å². The van der Waals surface area contributed by atoms with E-state index in [1.54, 1.807) is 19.1 Å². The van der Waals surface area contributed by atoms with Crippen LogP contribution < -0.4 is 4.72 Å². The van der Waals surface area contributed by atoms with Crippen molar-refractivity contribution in [3.8, 4) is 0 Å². The highest BCUT2D eigenvalue weighted by Crippen LogP contribution is 2.21. The SMILES string of the molecule is Cc1ccc(CO)cc1S(=O)(=O)Nc1ccc(F)cc1. The Morgan fingerprint density at radius 1 is 1.15 bits per heavy atom. The molecule has 0 unspecified atom stereocenters. The summed E-state index contributed by atoms with van der Waals surface area (Å²) in [6.07, 6.45) is 0. The van der Waals surface area contributed by atoms with Crippen molar-refractivity contribution < 1.29 is 17.9 Å². The summed E-state index contributed by atoms with van der Waals surface area (Å²) in [6, 6.07) is 9.75. The van der Waals surface area contributed by atoms with Gasteiger partial charge in [-0.25, -0.2) is 12.8 Å². The minimum absolute atomic E-state index is 0.0911. The van der Waals surface area contributed by atoms with Crippen LogP contribution in [-0.2, 0) is 16.6 Å². The maximum absolute atomic E-state index is 12.8. The number of aliphatic hydroxyl groups excluding tert-OH is 1. The van der Waals surface area contributed by atoms with Crippen molar-refractivity contribution in [1.82, 2.24) is 0 Å². The highest BCUT2D eigenvalue weighted by molar-refractivity contribution is 7.92. The summed E-state index contributed by atoms with van der Waals surface area (Å²) < 4.78 is 39.8. The highest BCUT2D eigenvalue weighted by Gasteiger charge is 2.17. The largest absolute Gasteiger partial charge is 0.392 e. The molecular formula is C14H14FNO3S. The molecule has 0 aliphatic heterocycles. The van der Waals surface area contributed by atoms with Crippen molar-refractivity contribution >= 4 is 15.7 Å². The maximum atomic E-state index is 12.8. The number of rotatable bonds is 4. The summed E-state index contributed by atoms with van der Waals surface area (Å²) >= 11 is 0. The van der Waals surface area contributed by atoms with E-state index in [9.17, 15) is 12.8 Å². The number of aryl methyl sites for hydroxylation is 1. The minimum atomic E-state index is -3.77. The van der Waals surface area contributed by atoms with Gasteiger partial charge in [-0.3, -0.25) is 4.72 Å². The minimum Gasteiger partial charge on any atom is -0.392 e. The van der Waals surface area contributed by atoms with Crippen LogP contribution in [0.5, 0.6) is 0 Å². The van der Waals surface area contributed by atoms with Crippen molar-refractivity contribution in [2.75, 3.05) is 4.72 Å². The zero-order valence-corrected chi connectivity index (χ0v) is 11.6. The molecule has 6 heteroatoms. The van der Waals surface area contributed by atoms with Crippen LogP contribution in [0.2, 0.25) is 0 Å². The molecule has 0 spiro atoms. The smallest absolute Gasteiger partial charge is 0.262 e. The van der Waals surface area contributed by atoms with Crippen LogP contribution >= 0.6 is 0 Å². The third-order valence-corrected chi connectivity index (χ3v) is 4.34. The summed E-state index contributed by atoms with van der Waals surface area (Å²) in [5.74, 6) is -0.439. The lowest BCUT2D eigenvalue weighted by Gasteiger charge is -2.11. The number of aliphatic hydroxyl groups is 1. The quantitative estimate of drug-likeness (QED) is 0.910. The van der Waals surface area contributed by atoms with Crippen molar-refractivity contribution in [2.24, 2.45) is 0 Å². The predicted octanol–water partition coefficient (Wildman–Crippen LogP) is 2.43. The molecule has 2 aromatic carbocycles. The first-order valence-electron chi connectivity index (χ1n) is 5.91. The molecule has 20 heavy (non-hydrogen) atoms. The third kappa shape index (κ3) is 3.15. The zero-order chi connectivity index (χ0) is 14.8. The average molecular weight is 295 g/mol. The van der Waals surface area contributed by atoms with Crippen molar-refractivity contribution in [3.63, 3.8) is 0 Å². The van der Waals surface area contributed by atoms with E-state index in [-0.39, 0.29) is 17.2 Å². The van der Waals surface area contributed by atoms with Crippen LogP contribution in [0.4, 0.5) is 10.1 Å². The van der Waals surface area contributed by atoms with Gasteiger partial charge in [-0.1, -0.05) is 12.1 Å². The molecule has 0 aromatic heterocycles. The molecule has 0 fully saturated rings. The van der Waals surface area contributed by atoms with Gasteiger partial charge in [-0.05, 0) is 48.4 Å². The van der Waals surface area contributed by atoms with Crippen LogP contribution in [0.15, 0.2) is 47.4 Å². The first kappa shape index (κ1) is 14.5. The summed E-state index contributed by atoms with van der Waals surface area (Å²) in [4.78, 5) is 0.0911. The van der Waals surface area contributed by atoms with Gasteiger partial charge < -0.3 is 5.11 Å². The van der Waals surface area contributed by atoms with Gasteiger partial charge in [0, 0.05) is 5.69 Å². The van der Waals surface area contributed by atoms with Crippen LogP contribution in [0.1, 0.15) is 11.1 Å². The molecule has 2 N–H and O–H groups in total. The van der Waals surface area contributed by atoms with E-state index < -0.39 is 15.8 Å². The molecule has 4 nitrogen and oxygen atoms in total. The second kappa shape index (κ2) is 5.60. The van der Waals surface area contributed by atoms with E-state index in [2.05, 4.69) is 4.72 Å². The fourth-order valence-electron chi connectivity index (χ4n) is 1.76. The third-order valence-electron chi connectivity index (χ3n) is 2.82. The van der Waals surface area contributed by atoms with E-state index in [1.807, 2.05) is 0 Å². The molecule has 0 amide bonds. The monoisotopic (exact) mass is 295 g/mol. The Morgan fingerprint density at radius 3 is 2.40 bits per heavy atom. The number of benzene rings is 2. The van der Waals surface area contributed by atoms with Crippen LogP contribution in [0, 0.1) is 12.7 Å². The molecule has 106 valence electrons. The maximum Gasteiger partial charge on any atom is 0.262 e. The van der Waals surface area contributed by atoms with Crippen LogP contribution in [0.3, 0.4) is 0 Å². The number of halogens is 1. The van der Waals surface area contributed by atoms with E-state index in [0.717, 1.165) is 0 Å². The molecule has 0 bridgehead atoms. The molecule has 0 radical (unpaired) electrons. The number of hydrogen-bond acceptors (Lipinski definition) is 3. The topological polar surface area (TPSA) is 66.4 Å². The lowest BCUT2D eigenvalue weighted by atomic mass is 10.2. The second-order valence-electron chi connectivity index (χ2n) is 4.37. The predicted molar refractivity (Wildman–Crippen MR) is 74.3 cm³/mol. The summed E-state index contributed by atoms with van der Waals surface area (Å²) in [7, 11) is -3.77. The Hall–Kier alpha value is -1.92. The fraction of sp³-hybridized carbons (Fsp3) is 0.143. The number of hydrogen-bond donors (Lipinski definition) is 2. The summed E-state index contributed by atoms with van der Waals surface area (Å²) in [6.45, 7) is 1.43. The number of sulfonamides is 1. The van der Waals surface area contributed by atoms with Crippen LogP contribution in [-0.4, -0.2) is 13.5 Å². The Balaban J connectivity index is 2.37. The van der Waals surface area contributed by atoms with Gasteiger partial charge >= 0.3 is 0 Å². The van der Waals surface area contributed by atoms with Crippen LogP contribution in [0.25, 0.3) is 0 Å². The van der Waals surface area contributed by atoms with E-state index >= 15 is 0 Å². The lowest BCUT2D eigenvalue weighted by molar-refractivity contribution is 0.281. The molecule has 2 aromatic rings. The first-order valence-corrected chi connectivity index (χ1v) is 7.39. The zero-order valence-electron chi connectivity index (χ0n) is 10.8. The average Bonchev–Trinajstić information content (AvgIpc) is 2.41. The number of anilines is 1. The highest BCUT2D eigenvalue weighted by atomic mass is 32.2.